The molecule has 2 aromatic heterocycles. The fraction of sp³-hybridized carbons (Fsp3) is 0.368. The fourth-order valence-electron chi connectivity index (χ4n) is 2.55. The van der Waals surface area contributed by atoms with Crippen LogP contribution in [0.15, 0.2) is 46.9 Å². The van der Waals surface area contributed by atoms with Gasteiger partial charge in [0.25, 0.3) is 0 Å². The molecule has 0 unspecified atom stereocenters. The molecule has 0 fully saturated rings. The first kappa shape index (κ1) is 18.0. The Balaban J connectivity index is 1.65. The Kier molecular flexibility index (Phi) is 6.15. The summed E-state index contributed by atoms with van der Waals surface area (Å²) in [6.45, 7) is 5.98. The standard InChI is InChI=1S/C19H23N3OS2/c1-14(2)9-10-22-17-8-4-3-7-16(17)21-19(22)25-13-18(23)20-12-15-6-5-11-24-15/h3-8,11,14H,9-10,12-13H2,1-2H3,(H,20,23). The molecule has 0 aliphatic rings. The predicted octanol–water partition coefficient (Wildman–Crippen LogP) is 4.55. The number of carbonyl (C=O) groups is 1. The average molecular weight is 374 g/mol. The number of hydrogen-bond donors (Lipinski definition) is 1. The van der Waals surface area contributed by atoms with Crippen molar-refractivity contribution < 1.29 is 4.79 Å². The lowest BCUT2D eigenvalue weighted by Crippen LogP contribution is -2.24. The summed E-state index contributed by atoms with van der Waals surface area (Å²) < 4.78 is 2.24. The third kappa shape index (κ3) is 4.86. The third-order valence-corrected chi connectivity index (χ3v) is 5.77. The van der Waals surface area contributed by atoms with Gasteiger partial charge >= 0.3 is 0 Å². The molecular weight excluding hydrogens is 350 g/mol. The lowest BCUT2D eigenvalue weighted by Gasteiger charge is -2.10. The van der Waals surface area contributed by atoms with Crippen LogP contribution < -0.4 is 5.32 Å². The van der Waals surface area contributed by atoms with Crippen molar-refractivity contribution in [1.82, 2.24) is 14.9 Å². The molecule has 0 saturated carbocycles. The molecule has 0 atom stereocenters. The van der Waals surface area contributed by atoms with E-state index in [-0.39, 0.29) is 5.91 Å². The molecule has 4 nitrogen and oxygen atoms in total. The van der Waals surface area contributed by atoms with Crippen molar-refractivity contribution in [3.05, 3.63) is 46.7 Å². The van der Waals surface area contributed by atoms with Gasteiger partial charge in [-0.2, -0.15) is 0 Å². The number of thioether (sulfide) groups is 1. The Labute approximate surface area is 156 Å². The molecule has 25 heavy (non-hydrogen) atoms. The molecule has 0 aliphatic heterocycles. The number of aryl methyl sites for hydroxylation is 1. The van der Waals surface area contributed by atoms with E-state index in [0.29, 0.717) is 18.2 Å². The normalized spacial score (nSPS) is 11.3. The smallest absolute Gasteiger partial charge is 0.230 e. The van der Waals surface area contributed by atoms with Crippen LogP contribution in [-0.4, -0.2) is 21.2 Å². The number of benzene rings is 1. The lowest BCUT2D eigenvalue weighted by atomic mass is 10.1. The van der Waals surface area contributed by atoms with Gasteiger partial charge in [0.15, 0.2) is 5.16 Å². The number of rotatable bonds is 8. The van der Waals surface area contributed by atoms with Crippen molar-refractivity contribution in [2.75, 3.05) is 5.75 Å². The van der Waals surface area contributed by atoms with Crippen LogP contribution >= 0.6 is 23.1 Å². The summed E-state index contributed by atoms with van der Waals surface area (Å²) in [5, 5.41) is 5.92. The highest BCUT2D eigenvalue weighted by Crippen LogP contribution is 2.25. The van der Waals surface area contributed by atoms with Crippen LogP contribution in [0, 0.1) is 5.92 Å². The summed E-state index contributed by atoms with van der Waals surface area (Å²) in [5.74, 6) is 1.06. The van der Waals surface area contributed by atoms with E-state index in [2.05, 4.69) is 29.8 Å². The van der Waals surface area contributed by atoms with Crippen molar-refractivity contribution in [2.24, 2.45) is 5.92 Å². The minimum absolute atomic E-state index is 0.0425. The van der Waals surface area contributed by atoms with Crippen LogP contribution in [0.1, 0.15) is 25.1 Å². The van der Waals surface area contributed by atoms with E-state index in [1.807, 2.05) is 35.7 Å². The van der Waals surface area contributed by atoms with Gasteiger partial charge in [0.05, 0.1) is 23.3 Å². The summed E-state index contributed by atoms with van der Waals surface area (Å²) in [6.07, 6.45) is 1.10. The number of amides is 1. The maximum absolute atomic E-state index is 12.1. The molecule has 3 aromatic rings. The number of nitrogens with one attached hydrogen (secondary N) is 1. The lowest BCUT2D eigenvalue weighted by molar-refractivity contribution is -0.118. The second-order valence-corrected chi connectivity index (χ2v) is 8.34. The molecule has 2 heterocycles. The number of fused-ring (bicyclic) bond motifs is 1. The van der Waals surface area contributed by atoms with Gasteiger partial charge in [0.1, 0.15) is 0 Å². The van der Waals surface area contributed by atoms with Crippen molar-refractivity contribution >= 4 is 40.0 Å². The first-order chi connectivity index (χ1) is 12.1. The van der Waals surface area contributed by atoms with E-state index in [0.717, 1.165) is 29.2 Å². The van der Waals surface area contributed by atoms with Crippen molar-refractivity contribution in [1.29, 1.82) is 0 Å². The number of imidazole rings is 1. The largest absolute Gasteiger partial charge is 0.350 e. The number of carbonyl (C=O) groups excluding carboxylic acids is 1. The SMILES string of the molecule is CC(C)CCn1c(SCC(=O)NCc2cccs2)nc2ccccc21. The third-order valence-electron chi connectivity index (χ3n) is 3.92. The highest BCUT2D eigenvalue weighted by atomic mass is 32.2. The number of thiophene rings is 1. The van der Waals surface area contributed by atoms with Gasteiger partial charge in [-0.3, -0.25) is 4.79 Å². The zero-order valence-corrected chi connectivity index (χ0v) is 16.2. The number of nitrogens with zero attached hydrogens (tertiary/aromatic N) is 2. The summed E-state index contributed by atoms with van der Waals surface area (Å²) in [6, 6.07) is 12.2. The average Bonchev–Trinajstić information content (AvgIpc) is 3.23. The molecule has 1 amide bonds. The van der Waals surface area contributed by atoms with Gasteiger partial charge in [-0.05, 0) is 35.9 Å². The molecule has 6 heteroatoms. The zero-order valence-electron chi connectivity index (χ0n) is 14.6. The Morgan fingerprint density at radius 3 is 2.88 bits per heavy atom. The number of para-hydroxylation sites is 2. The van der Waals surface area contributed by atoms with E-state index in [4.69, 9.17) is 4.98 Å². The maximum Gasteiger partial charge on any atom is 0.230 e. The maximum atomic E-state index is 12.1. The van der Waals surface area contributed by atoms with E-state index in [1.165, 1.54) is 16.6 Å². The van der Waals surface area contributed by atoms with E-state index in [1.54, 1.807) is 11.3 Å². The van der Waals surface area contributed by atoms with Crippen LogP contribution in [0.4, 0.5) is 0 Å². The van der Waals surface area contributed by atoms with Crippen LogP contribution in [0.2, 0.25) is 0 Å². The van der Waals surface area contributed by atoms with Gasteiger partial charge in [0, 0.05) is 11.4 Å². The molecule has 132 valence electrons. The molecule has 0 radical (unpaired) electrons. The number of hydrogen-bond acceptors (Lipinski definition) is 4. The highest BCUT2D eigenvalue weighted by Gasteiger charge is 2.13. The van der Waals surface area contributed by atoms with Crippen LogP contribution in [0.25, 0.3) is 11.0 Å². The van der Waals surface area contributed by atoms with Crippen molar-refractivity contribution in [3.8, 4) is 0 Å². The van der Waals surface area contributed by atoms with Gasteiger partial charge in [-0.1, -0.05) is 43.8 Å². The van der Waals surface area contributed by atoms with Crippen molar-refractivity contribution in [3.63, 3.8) is 0 Å². The molecule has 1 N–H and O–H groups in total. The predicted molar refractivity (Wildman–Crippen MR) is 106 cm³/mol. The first-order valence-corrected chi connectivity index (χ1v) is 10.4. The van der Waals surface area contributed by atoms with E-state index >= 15 is 0 Å². The summed E-state index contributed by atoms with van der Waals surface area (Å²) >= 11 is 3.17. The van der Waals surface area contributed by atoms with Crippen LogP contribution in [0.5, 0.6) is 0 Å². The topological polar surface area (TPSA) is 46.9 Å². The molecule has 3 rings (SSSR count). The number of aromatic nitrogens is 2. The Morgan fingerprint density at radius 1 is 1.28 bits per heavy atom. The van der Waals surface area contributed by atoms with Gasteiger partial charge in [-0.25, -0.2) is 4.98 Å². The Morgan fingerprint density at radius 2 is 2.12 bits per heavy atom. The monoisotopic (exact) mass is 373 g/mol. The van der Waals surface area contributed by atoms with Gasteiger partial charge < -0.3 is 9.88 Å². The first-order valence-electron chi connectivity index (χ1n) is 8.50. The Bertz CT molecular complexity index is 824. The van der Waals surface area contributed by atoms with E-state index < -0.39 is 0 Å². The second kappa shape index (κ2) is 8.54. The molecule has 0 spiro atoms. The molecule has 0 bridgehead atoms. The van der Waals surface area contributed by atoms with Gasteiger partial charge in [0.2, 0.25) is 5.91 Å². The quantitative estimate of drug-likeness (QED) is 0.589. The minimum Gasteiger partial charge on any atom is -0.350 e. The summed E-state index contributed by atoms with van der Waals surface area (Å²) in [5.41, 5.74) is 2.14. The highest BCUT2D eigenvalue weighted by molar-refractivity contribution is 7.99. The molecule has 1 aromatic carbocycles. The fourth-order valence-corrected chi connectivity index (χ4v) is 4.06. The second-order valence-electron chi connectivity index (χ2n) is 6.36. The molecular formula is C19H23N3OS2. The van der Waals surface area contributed by atoms with Gasteiger partial charge in [-0.15, -0.1) is 11.3 Å². The zero-order chi connectivity index (χ0) is 17.6. The van der Waals surface area contributed by atoms with Crippen LogP contribution in [0.3, 0.4) is 0 Å². The summed E-state index contributed by atoms with van der Waals surface area (Å²) in [4.78, 5) is 18.0. The van der Waals surface area contributed by atoms with Crippen molar-refractivity contribution in [2.45, 2.75) is 38.5 Å². The Hall–Kier alpha value is -1.79. The minimum atomic E-state index is 0.0425. The molecule has 0 saturated heterocycles. The molecule has 0 aliphatic carbocycles. The van der Waals surface area contributed by atoms with Crippen LogP contribution in [-0.2, 0) is 17.9 Å². The summed E-state index contributed by atoms with van der Waals surface area (Å²) in [7, 11) is 0. The van der Waals surface area contributed by atoms with E-state index in [9.17, 15) is 4.79 Å².